The molecule has 96 valence electrons. The maximum Gasteiger partial charge on any atom is 0.129 e. The predicted molar refractivity (Wildman–Crippen MR) is 83.1 cm³/mol. The molecule has 4 heteroatoms. The fourth-order valence-electron chi connectivity index (χ4n) is 2.30. The minimum absolute atomic E-state index is 0.389. The lowest BCUT2D eigenvalue weighted by molar-refractivity contribution is 0.979. The Morgan fingerprint density at radius 3 is 2.74 bits per heavy atom. The minimum Gasteiger partial charge on any atom is -0.295 e. The van der Waals surface area contributed by atoms with E-state index in [-0.39, 0.29) is 0 Å². The molecular weight excluding hydrogens is 324 g/mol. The summed E-state index contributed by atoms with van der Waals surface area (Å²) in [4.78, 5) is 4.58. The molecule has 0 saturated heterocycles. The highest BCUT2D eigenvalue weighted by molar-refractivity contribution is 9.10. The number of nitrogens with zero attached hydrogens (tertiary/aromatic N) is 2. The number of para-hydroxylation sites is 2. The molecular formula is C15H12BrClN2. The molecule has 19 heavy (non-hydrogen) atoms. The first-order chi connectivity index (χ1) is 9.19. The number of aryl methyl sites for hydroxylation is 1. The average Bonchev–Trinajstić information content (AvgIpc) is 2.75. The first-order valence-corrected chi connectivity index (χ1v) is 7.31. The first-order valence-electron chi connectivity index (χ1n) is 5.99. The molecule has 0 unspecified atom stereocenters. The second kappa shape index (κ2) is 4.99. The third kappa shape index (κ3) is 2.28. The fraction of sp³-hybridized carbons (Fsp3) is 0.133. The van der Waals surface area contributed by atoms with Crippen LogP contribution in [0.5, 0.6) is 0 Å². The van der Waals surface area contributed by atoms with Gasteiger partial charge < -0.3 is 0 Å². The van der Waals surface area contributed by atoms with Gasteiger partial charge in [-0.3, -0.25) is 4.57 Å². The van der Waals surface area contributed by atoms with Gasteiger partial charge in [0.25, 0.3) is 0 Å². The molecule has 1 heterocycles. The molecule has 2 nitrogen and oxygen atoms in total. The first kappa shape index (κ1) is 12.7. The van der Waals surface area contributed by atoms with Crippen molar-refractivity contribution in [3.63, 3.8) is 0 Å². The van der Waals surface area contributed by atoms with Crippen LogP contribution in [0.1, 0.15) is 11.4 Å². The van der Waals surface area contributed by atoms with Crippen LogP contribution in [-0.4, -0.2) is 9.55 Å². The van der Waals surface area contributed by atoms with E-state index in [2.05, 4.69) is 56.7 Å². The molecule has 2 aromatic carbocycles. The SMILES string of the molecule is Cc1cc(Br)cc(-n2c(CCl)nc3ccccc32)c1. The topological polar surface area (TPSA) is 17.8 Å². The lowest BCUT2D eigenvalue weighted by atomic mass is 10.2. The molecule has 1 aromatic heterocycles. The van der Waals surface area contributed by atoms with E-state index in [1.165, 1.54) is 5.56 Å². The van der Waals surface area contributed by atoms with Crippen molar-refractivity contribution in [1.82, 2.24) is 9.55 Å². The third-order valence-electron chi connectivity index (χ3n) is 3.03. The molecule has 3 rings (SSSR count). The van der Waals surface area contributed by atoms with Crippen molar-refractivity contribution >= 4 is 38.6 Å². The minimum atomic E-state index is 0.389. The van der Waals surface area contributed by atoms with Gasteiger partial charge in [0.05, 0.1) is 16.9 Å². The van der Waals surface area contributed by atoms with Gasteiger partial charge in [-0.25, -0.2) is 4.98 Å². The lowest BCUT2D eigenvalue weighted by Gasteiger charge is -2.09. The Labute approximate surface area is 125 Å². The third-order valence-corrected chi connectivity index (χ3v) is 3.73. The largest absolute Gasteiger partial charge is 0.295 e. The van der Waals surface area contributed by atoms with Crippen molar-refractivity contribution in [3.8, 4) is 5.69 Å². The molecule has 0 spiro atoms. The highest BCUT2D eigenvalue weighted by Crippen LogP contribution is 2.25. The zero-order valence-electron chi connectivity index (χ0n) is 10.4. The second-order valence-corrected chi connectivity index (χ2v) is 5.66. The summed E-state index contributed by atoms with van der Waals surface area (Å²) in [6.45, 7) is 2.08. The smallest absolute Gasteiger partial charge is 0.129 e. The Bertz CT molecular complexity index is 729. The molecule has 0 fully saturated rings. The van der Waals surface area contributed by atoms with Crippen LogP contribution in [0.15, 0.2) is 46.9 Å². The van der Waals surface area contributed by atoms with Crippen molar-refractivity contribution in [3.05, 3.63) is 58.3 Å². The summed E-state index contributed by atoms with van der Waals surface area (Å²) in [5, 5.41) is 0. The van der Waals surface area contributed by atoms with E-state index in [0.29, 0.717) is 5.88 Å². The summed E-state index contributed by atoms with van der Waals surface area (Å²) in [6.07, 6.45) is 0. The molecule has 0 amide bonds. The summed E-state index contributed by atoms with van der Waals surface area (Å²) < 4.78 is 3.17. The molecule has 0 bridgehead atoms. The molecule has 0 N–H and O–H groups in total. The van der Waals surface area contributed by atoms with Crippen molar-refractivity contribution in [1.29, 1.82) is 0 Å². The van der Waals surface area contributed by atoms with E-state index in [1.807, 2.05) is 18.2 Å². The quantitative estimate of drug-likeness (QED) is 0.613. The highest BCUT2D eigenvalue weighted by atomic mass is 79.9. The van der Waals surface area contributed by atoms with Gasteiger partial charge in [-0.05, 0) is 42.8 Å². The molecule has 0 radical (unpaired) electrons. The van der Waals surface area contributed by atoms with Crippen molar-refractivity contribution in [2.45, 2.75) is 12.8 Å². The zero-order chi connectivity index (χ0) is 13.4. The summed E-state index contributed by atoms with van der Waals surface area (Å²) in [5.41, 5.74) is 4.32. The zero-order valence-corrected chi connectivity index (χ0v) is 12.7. The van der Waals surface area contributed by atoms with Gasteiger partial charge in [0.2, 0.25) is 0 Å². The van der Waals surface area contributed by atoms with Crippen LogP contribution in [0.4, 0.5) is 0 Å². The number of rotatable bonds is 2. The van der Waals surface area contributed by atoms with Gasteiger partial charge in [-0.1, -0.05) is 28.1 Å². The fourth-order valence-corrected chi connectivity index (χ4v) is 3.07. The molecule has 0 aliphatic rings. The molecule has 0 atom stereocenters. The monoisotopic (exact) mass is 334 g/mol. The summed E-state index contributed by atoms with van der Waals surface area (Å²) in [6, 6.07) is 14.4. The van der Waals surface area contributed by atoms with Gasteiger partial charge in [0, 0.05) is 10.2 Å². The number of hydrogen-bond acceptors (Lipinski definition) is 1. The highest BCUT2D eigenvalue weighted by Gasteiger charge is 2.11. The summed E-state index contributed by atoms with van der Waals surface area (Å²) >= 11 is 9.58. The average molecular weight is 336 g/mol. The lowest BCUT2D eigenvalue weighted by Crippen LogP contribution is -1.99. The maximum atomic E-state index is 6.04. The van der Waals surface area contributed by atoms with Crippen LogP contribution < -0.4 is 0 Å². The van der Waals surface area contributed by atoms with Crippen LogP contribution >= 0.6 is 27.5 Å². The number of fused-ring (bicyclic) bond motifs is 1. The standard InChI is InChI=1S/C15H12BrClN2/c1-10-6-11(16)8-12(7-10)19-14-5-3-2-4-13(14)18-15(19)9-17/h2-8H,9H2,1H3. The van der Waals surface area contributed by atoms with E-state index in [4.69, 9.17) is 11.6 Å². The number of alkyl halides is 1. The van der Waals surface area contributed by atoms with Crippen LogP contribution in [0, 0.1) is 6.92 Å². The van der Waals surface area contributed by atoms with Crippen LogP contribution in [0.25, 0.3) is 16.7 Å². The number of aromatic nitrogens is 2. The molecule has 0 aliphatic carbocycles. The number of benzene rings is 2. The number of imidazole rings is 1. The van der Waals surface area contributed by atoms with E-state index in [0.717, 1.165) is 27.0 Å². The van der Waals surface area contributed by atoms with Crippen LogP contribution in [0.2, 0.25) is 0 Å². The number of hydrogen-bond donors (Lipinski definition) is 0. The maximum absolute atomic E-state index is 6.04. The Kier molecular flexibility index (Phi) is 3.33. The Balaban J connectivity index is 2.34. The van der Waals surface area contributed by atoms with Gasteiger partial charge in [-0.15, -0.1) is 11.6 Å². The van der Waals surface area contributed by atoms with Gasteiger partial charge >= 0.3 is 0 Å². The Hall–Kier alpha value is -1.32. The van der Waals surface area contributed by atoms with E-state index >= 15 is 0 Å². The molecule has 0 saturated carbocycles. The molecule has 0 aliphatic heterocycles. The predicted octanol–water partition coefficient (Wildman–Crippen LogP) is 4.84. The van der Waals surface area contributed by atoms with Crippen molar-refractivity contribution < 1.29 is 0 Å². The van der Waals surface area contributed by atoms with Crippen LogP contribution in [-0.2, 0) is 5.88 Å². The summed E-state index contributed by atoms with van der Waals surface area (Å²) in [5.74, 6) is 1.25. The van der Waals surface area contributed by atoms with Gasteiger partial charge in [0.1, 0.15) is 5.82 Å². The number of halogens is 2. The van der Waals surface area contributed by atoms with Crippen molar-refractivity contribution in [2.75, 3.05) is 0 Å². The normalized spacial score (nSPS) is 11.1. The Morgan fingerprint density at radius 1 is 1.21 bits per heavy atom. The Morgan fingerprint density at radius 2 is 2.00 bits per heavy atom. The van der Waals surface area contributed by atoms with E-state index in [9.17, 15) is 0 Å². The van der Waals surface area contributed by atoms with E-state index in [1.54, 1.807) is 0 Å². The van der Waals surface area contributed by atoms with Crippen molar-refractivity contribution in [2.24, 2.45) is 0 Å². The van der Waals surface area contributed by atoms with E-state index < -0.39 is 0 Å². The summed E-state index contributed by atoms with van der Waals surface area (Å²) in [7, 11) is 0. The molecule has 3 aromatic rings. The van der Waals surface area contributed by atoms with Crippen LogP contribution in [0.3, 0.4) is 0 Å². The van der Waals surface area contributed by atoms with Gasteiger partial charge in [-0.2, -0.15) is 0 Å². The second-order valence-electron chi connectivity index (χ2n) is 4.47. The van der Waals surface area contributed by atoms with Gasteiger partial charge in [0.15, 0.2) is 0 Å².